The number of nitrogens with one attached hydrogen (secondary N) is 1. The largest absolute Gasteiger partial charge is 0.478 e. The Balaban J connectivity index is 2.20. The van der Waals surface area contributed by atoms with Crippen LogP contribution in [0.5, 0.6) is 0 Å². The van der Waals surface area contributed by atoms with E-state index < -0.39 is 5.97 Å². The van der Waals surface area contributed by atoms with E-state index in [9.17, 15) is 9.90 Å². The van der Waals surface area contributed by atoms with Crippen LogP contribution in [-0.2, 0) is 6.54 Å². The minimum absolute atomic E-state index is 0.220. The maximum Gasteiger partial charge on any atom is 0.339 e. The lowest BCUT2D eigenvalue weighted by Crippen LogP contribution is -2.10. The monoisotopic (exact) mass is 320 g/mol. The second kappa shape index (κ2) is 5.84. The van der Waals surface area contributed by atoms with Crippen molar-refractivity contribution in [2.75, 3.05) is 5.32 Å². The van der Waals surface area contributed by atoms with Crippen LogP contribution >= 0.6 is 15.9 Å². The minimum Gasteiger partial charge on any atom is -0.478 e. The summed E-state index contributed by atoms with van der Waals surface area (Å²) in [5, 5.41) is 12.3. The molecule has 2 aromatic rings. The van der Waals surface area contributed by atoms with Crippen molar-refractivity contribution in [3.05, 3.63) is 57.7 Å². The molecule has 98 valence electrons. The standard InChI is InChI=1S/C14H13BrN2O2/c1-9-5-6-16-13(12(9)14(18)19)17-8-10-3-2-4-11(15)7-10/h2-7H,8H2,1H3,(H,16,17)(H,18,19). The van der Waals surface area contributed by atoms with Crippen LogP contribution in [0.25, 0.3) is 0 Å². The molecule has 0 radical (unpaired) electrons. The van der Waals surface area contributed by atoms with Crippen LogP contribution in [-0.4, -0.2) is 16.1 Å². The number of pyridine rings is 1. The zero-order chi connectivity index (χ0) is 13.8. The Labute approximate surface area is 119 Å². The highest BCUT2D eigenvalue weighted by Crippen LogP contribution is 2.18. The predicted molar refractivity (Wildman–Crippen MR) is 77.4 cm³/mol. The Kier molecular flexibility index (Phi) is 4.16. The first kappa shape index (κ1) is 13.5. The van der Waals surface area contributed by atoms with E-state index in [1.807, 2.05) is 24.3 Å². The number of hydrogen-bond donors (Lipinski definition) is 2. The van der Waals surface area contributed by atoms with Gasteiger partial charge in [-0.15, -0.1) is 0 Å². The first-order chi connectivity index (χ1) is 9.08. The molecule has 0 bridgehead atoms. The highest BCUT2D eigenvalue weighted by molar-refractivity contribution is 9.10. The third kappa shape index (κ3) is 3.32. The first-order valence-corrected chi connectivity index (χ1v) is 6.54. The molecular weight excluding hydrogens is 308 g/mol. The maximum absolute atomic E-state index is 11.2. The first-order valence-electron chi connectivity index (χ1n) is 5.75. The summed E-state index contributed by atoms with van der Waals surface area (Å²) in [4.78, 5) is 15.3. The quantitative estimate of drug-likeness (QED) is 0.905. The van der Waals surface area contributed by atoms with Gasteiger partial charge in [0.25, 0.3) is 0 Å². The number of carbonyl (C=O) groups is 1. The van der Waals surface area contributed by atoms with Gasteiger partial charge in [-0.2, -0.15) is 0 Å². The van der Waals surface area contributed by atoms with Gasteiger partial charge in [0.1, 0.15) is 11.4 Å². The second-order valence-corrected chi connectivity index (χ2v) is 5.06. The molecule has 1 heterocycles. The lowest BCUT2D eigenvalue weighted by Gasteiger charge is -2.10. The Morgan fingerprint density at radius 2 is 2.21 bits per heavy atom. The number of carboxylic acid groups (broad SMARTS) is 1. The molecule has 0 fully saturated rings. The van der Waals surface area contributed by atoms with Crippen LogP contribution in [0.3, 0.4) is 0 Å². The molecule has 0 aliphatic carbocycles. The van der Waals surface area contributed by atoms with E-state index in [2.05, 4.69) is 26.2 Å². The Hall–Kier alpha value is -1.88. The molecule has 19 heavy (non-hydrogen) atoms. The Morgan fingerprint density at radius 3 is 2.89 bits per heavy atom. The van der Waals surface area contributed by atoms with Crippen molar-refractivity contribution < 1.29 is 9.90 Å². The number of aromatic carboxylic acids is 1. The summed E-state index contributed by atoms with van der Waals surface area (Å²) in [6.07, 6.45) is 1.60. The average Bonchev–Trinajstić information content (AvgIpc) is 2.36. The van der Waals surface area contributed by atoms with Crippen molar-refractivity contribution in [3.63, 3.8) is 0 Å². The third-order valence-electron chi connectivity index (χ3n) is 2.72. The summed E-state index contributed by atoms with van der Waals surface area (Å²) in [6.45, 7) is 2.28. The van der Waals surface area contributed by atoms with E-state index in [0.29, 0.717) is 17.9 Å². The van der Waals surface area contributed by atoms with Crippen molar-refractivity contribution in [1.29, 1.82) is 0 Å². The molecule has 1 aromatic carbocycles. The van der Waals surface area contributed by atoms with Crippen LogP contribution in [0.1, 0.15) is 21.5 Å². The van der Waals surface area contributed by atoms with E-state index in [1.165, 1.54) is 0 Å². The molecule has 0 atom stereocenters. The summed E-state index contributed by atoms with van der Waals surface area (Å²) in [5.41, 5.74) is 1.96. The third-order valence-corrected chi connectivity index (χ3v) is 3.22. The van der Waals surface area contributed by atoms with Crippen LogP contribution in [0.15, 0.2) is 41.0 Å². The van der Waals surface area contributed by atoms with Gasteiger partial charge in [0, 0.05) is 17.2 Å². The van der Waals surface area contributed by atoms with Crippen molar-refractivity contribution in [1.82, 2.24) is 4.98 Å². The van der Waals surface area contributed by atoms with Gasteiger partial charge in [0.2, 0.25) is 0 Å². The van der Waals surface area contributed by atoms with Gasteiger partial charge in [-0.1, -0.05) is 28.1 Å². The van der Waals surface area contributed by atoms with Crippen LogP contribution in [0.2, 0.25) is 0 Å². The summed E-state index contributed by atoms with van der Waals surface area (Å²) in [6, 6.07) is 9.50. The van der Waals surface area contributed by atoms with Gasteiger partial charge >= 0.3 is 5.97 Å². The number of carboxylic acids is 1. The van der Waals surface area contributed by atoms with Crippen LogP contribution in [0.4, 0.5) is 5.82 Å². The molecule has 0 saturated heterocycles. The smallest absolute Gasteiger partial charge is 0.339 e. The summed E-state index contributed by atoms with van der Waals surface area (Å²) in [7, 11) is 0. The zero-order valence-electron chi connectivity index (χ0n) is 10.4. The Bertz CT molecular complexity index is 614. The second-order valence-electron chi connectivity index (χ2n) is 4.14. The molecule has 0 amide bonds. The van der Waals surface area contributed by atoms with Gasteiger partial charge in [-0.05, 0) is 36.2 Å². The Morgan fingerprint density at radius 1 is 1.42 bits per heavy atom. The number of nitrogens with zero attached hydrogens (tertiary/aromatic N) is 1. The van der Waals surface area contributed by atoms with E-state index in [0.717, 1.165) is 10.0 Å². The van der Waals surface area contributed by atoms with E-state index in [1.54, 1.807) is 19.2 Å². The average molecular weight is 321 g/mol. The van der Waals surface area contributed by atoms with Crippen LogP contribution < -0.4 is 5.32 Å². The van der Waals surface area contributed by atoms with E-state index in [-0.39, 0.29) is 5.56 Å². The van der Waals surface area contributed by atoms with Crippen LogP contribution in [0, 0.1) is 6.92 Å². The van der Waals surface area contributed by atoms with Crippen molar-refractivity contribution in [2.24, 2.45) is 0 Å². The molecule has 0 aliphatic rings. The fourth-order valence-electron chi connectivity index (χ4n) is 1.79. The molecule has 1 aromatic heterocycles. The molecule has 2 rings (SSSR count). The molecule has 4 nitrogen and oxygen atoms in total. The number of rotatable bonds is 4. The van der Waals surface area contributed by atoms with Gasteiger partial charge in [-0.25, -0.2) is 9.78 Å². The summed E-state index contributed by atoms with van der Waals surface area (Å²) < 4.78 is 0.988. The molecule has 0 aliphatic heterocycles. The van der Waals surface area contributed by atoms with Gasteiger partial charge in [-0.3, -0.25) is 0 Å². The van der Waals surface area contributed by atoms with Gasteiger partial charge in [0.15, 0.2) is 0 Å². The highest BCUT2D eigenvalue weighted by atomic mass is 79.9. The normalized spacial score (nSPS) is 10.2. The molecular formula is C14H13BrN2O2. The number of aromatic nitrogens is 1. The maximum atomic E-state index is 11.2. The molecule has 2 N–H and O–H groups in total. The summed E-state index contributed by atoms with van der Waals surface area (Å²) in [5.74, 6) is -0.574. The van der Waals surface area contributed by atoms with Gasteiger partial charge in [0.05, 0.1) is 0 Å². The number of aryl methyl sites for hydroxylation is 1. The topological polar surface area (TPSA) is 62.2 Å². The van der Waals surface area contributed by atoms with Gasteiger partial charge < -0.3 is 10.4 Å². The minimum atomic E-state index is -0.970. The molecule has 0 spiro atoms. The van der Waals surface area contributed by atoms with Crippen molar-refractivity contribution >= 4 is 27.7 Å². The lowest BCUT2D eigenvalue weighted by atomic mass is 10.1. The van der Waals surface area contributed by atoms with Crippen molar-refractivity contribution in [2.45, 2.75) is 13.5 Å². The fraction of sp³-hybridized carbons (Fsp3) is 0.143. The molecule has 5 heteroatoms. The number of anilines is 1. The number of halogens is 1. The lowest BCUT2D eigenvalue weighted by molar-refractivity contribution is 0.0697. The number of hydrogen-bond acceptors (Lipinski definition) is 3. The zero-order valence-corrected chi connectivity index (χ0v) is 11.9. The number of benzene rings is 1. The van der Waals surface area contributed by atoms with E-state index >= 15 is 0 Å². The predicted octanol–water partition coefficient (Wildman–Crippen LogP) is 3.46. The highest BCUT2D eigenvalue weighted by Gasteiger charge is 2.13. The molecule has 0 unspecified atom stereocenters. The molecule has 0 saturated carbocycles. The summed E-state index contributed by atoms with van der Waals surface area (Å²) >= 11 is 3.40. The fourth-order valence-corrected chi connectivity index (χ4v) is 2.24. The SMILES string of the molecule is Cc1ccnc(NCc2cccc(Br)c2)c1C(=O)O. The van der Waals surface area contributed by atoms with E-state index in [4.69, 9.17) is 0 Å². The van der Waals surface area contributed by atoms with Crippen molar-refractivity contribution in [3.8, 4) is 0 Å².